The third-order valence-electron chi connectivity index (χ3n) is 3.78. The molecule has 0 bridgehead atoms. The minimum absolute atomic E-state index is 0.0750. The van der Waals surface area contributed by atoms with Gasteiger partial charge in [0.2, 0.25) is 0 Å². The zero-order chi connectivity index (χ0) is 17.9. The first-order valence-electron chi connectivity index (χ1n) is 9.06. The molecule has 0 fully saturated rings. The third-order valence-corrected chi connectivity index (χ3v) is 3.78. The molecule has 1 aromatic rings. The first-order valence-corrected chi connectivity index (χ1v) is 9.06. The van der Waals surface area contributed by atoms with Gasteiger partial charge in [-0.25, -0.2) is 4.79 Å². The van der Waals surface area contributed by atoms with Crippen LogP contribution in [0.4, 0.5) is 0 Å². The van der Waals surface area contributed by atoms with E-state index in [0.29, 0.717) is 17.7 Å². The van der Waals surface area contributed by atoms with Gasteiger partial charge in [0.25, 0.3) is 5.91 Å². The second kappa shape index (κ2) is 10.8. The summed E-state index contributed by atoms with van der Waals surface area (Å²) in [4.78, 5) is 27.1. The Bertz CT molecular complexity index is 517. The number of hydrogen-bond acceptors (Lipinski definition) is 3. The standard InChI is InChI=1S/C20H31NO3/c1-5-7-13-21(14-8-6-2)19(22)17-11-9-10-12-18(17)20(23)24-15-16(3)4/h9-12,16H,5-8,13-15H2,1-4H3. The Morgan fingerprint density at radius 3 is 2.04 bits per heavy atom. The van der Waals surface area contributed by atoms with E-state index in [0.717, 1.165) is 38.8 Å². The Balaban J connectivity index is 2.96. The van der Waals surface area contributed by atoms with E-state index in [4.69, 9.17) is 4.74 Å². The highest BCUT2D eigenvalue weighted by Crippen LogP contribution is 2.15. The van der Waals surface area contributed by atoms with Crippen molar-refractivity contribution < 1.29 is 14.3 Å². The van der Waals surface area contributed by atoms with Crippen LogP contribution in [0.5, 0.6) is 0 Å². The molecule has 1 amide bonds. The SMILES string of the molecule is CCCCN(CCCC)C(=O)c1ccccc1C(=O)OCC(C)C. The van der Waals surface area contributed by atoms with E-state index in [1.54, 1.807) is 24.3 Å². The lowest BCUT2D eigenvalue weighted by molar-refractivity contribution is 0.0453. The maximum Gasteiger partial charge on any atom is 0.338 e. The van der Waals surface area contributed by atoms with Crippen molar-refractivity contribution in [3.05, 3.63) is 35.4 Å². The van der Waals surface area contributed by atoms with E-state index in [9.17, 15) is 9.59 Å². The molecule has 4 heteroatoms. The van der Waals surface area contributed by atoms with E-state index >= 15 is 0 Å². The monoisotopic (exact) mass is 333 g/mol. The van der Waals surface area contributed by atoms with Gasteiger partial charge in [0.05, 0.1) is 17.7 Å². The van der Waals surface area contributed by atoms with Crippen LogP contribution in [0.1, 0.15) is 74.1 Å². The Morgan fingerprint density at radius 2 is 1.54 bits per heavy atom. The van der Waals surface area contributed by atoms with Crippen LogP contribution < -0.4 is 0 Å². The molecule has 1 aromatic carbocycles. The molecule has 24 heavy (non-hydrogen) atoms. The molecule has 4 nitrogen and oxygen atoms in total. The summed E-state index contributed by atoms with van der Waals surface area (Å²) in [5.41, 5.74) is 0.805. The van der Waals surface area contributed by atoms with Gasteiger partial charge in [-0.2, -0.15) is 0 Å². The molecular weight excluding hydrogens is 302 g/mol. The number of nitrogens with zero attached hydrogens (tertiary/aromatic N) is 1. The van der Waals surface area contributed by atoms with Crippen molar-refractivity contribution in [2.24, 2.45) is 5.92 Å². The Labute approximate surface area is 146 Å². The molecule has 0 aliphatic rings. The zero-order valence-corrected chi connectivity index (χ0v) is 15.5. The van der Waals surface area contributed by atoms with Crippen molar-refractivity contribution >= 4 is 11.9 Å². The van der Waals surface area contributed by atoms with E-state index in [1.165, 1.54) is 0 Å². The highest BCUT2D eigenvalue weighted by Gasteiger charge is 2.22. The third kappa shape index (κ3) is 6.34. The minimum atomic E-state index is -0.418. The maximum absolute atomic E-state index is 12.9. The maximum atomic E-state index is 12.9. The molecule has 0 saturated heterocycles. The number of carbonyl (C=O) groups is 2. The van der Waals surface area contributed by atoms with Crippen molar-refractivity contribution in [2.45, 2.75) is 53.4 Å². The van der Waals surface area contributed by atoms with Crippen LogP contribution in [0.25, 0.3) is 0 Å². The molecule has 0 atom stereocenters. The lowest BCUT2D eigenvalue weighted by atomic mass is 10.1. The van der Waals surface area contributed by atoms with Crippen molar-refractivity contribution in [1.82, 2.24) is 4.90 Å². The van der Waals surface area contributed by atoms with E-state index in [1.807, 2.05) is 18.7 Å². The van der Waals surface area contributed by atoms with Gasteiger partial charge in [-0.15, -0.1) is 0 Å². The molecule has 1 rings (SSSR count). The van der Waals surface area contributed by atoms with Crippen LogP contribution in [0, 0.1) is 5.92 Å². The van der Waals surface area contributed by atoms with Crippen molar-refractivity contribution in [3.8, 4) is 0 Å². The summed E-state index contributed by atoms with van der Waals surface area (Å²) in [6.07, 6.45) is 4.01. The van der Waals surface area contributed by atoms with Gasteiger partial charge in [-0.3, -0.25) is 4.79 Å². The van der Waals surface area contributed by atoms with Crippen LogP contribution in [0.2, 0.25) is 0 Å². The van der Waals surface area contributed by atoms with Gasteiger partial charge in [0.1, 0.15) is 0 Å². The number of amides is 1. The largest absolute Gasteiger partial charge is 0.462 e. The molecule has 134 valence electrons. The van der Waals surface area contributed by atoms with Crippen molar-refractivity contribution in [2.75, 3.05) is 19.7 Å². The summed E-state index contributed by atoms with van der Waals surface area (Å²) < 4.78 is 5.31. The van der Waals surface area contributed by atoms with Gasteiger partial charge < -0.3 is 9.64 Å². The van der Waals surface area contributed by atoms with E-state index < -0.39 is 5.97 Å². The van der Waals surface area contributed by atoms with Gasteiger partial charge >= 0.3 is 5.97 Å². The van der Waals surface area contributed by atoms with E-state index in [2.05, 4.69) is 13.8 Å². The highest BCUT2D eigenvalue weighted by molar-refractivity contribution is 6.05. The van der Waals surface area contributed by atoms with Crippen LogP contribution in [0.3, 0.4) is 0 Å². The second-order valence-electron chi connectivity index (χ2n) is 6.54. The zero-order valence-electron chi connectivity index (χ0n) is 15.5. The topological polar surface area (TPSA) is 46.6 Å². The summed E-state index contributed by atoms with van der Waals surface area (Å²) >= 11 is 0. The van der Waals surface area contributed by atoms with Crippen molar-refractivity contribution in [1.29, 1.82) is 0 Å². The smallest absolute Gasteiger partial charge is 0.338 e. The predicted molar refractivity (Wildman–Crippen MR) is 97.3 cm³/mol. The Kier molecular flexibility index (Phi) is 9.13. The lowest BCUT2D eigenvalue weighted by Gasteiger charge is -2.23. The number of carbonyl (C=O) groups excluding carboxylic acids is 2. The number of hydrogen-bond donors (Lipinski definition) is 0. The van der Waals surface area contributed by atoms with E-state index in [-0.39, 0.29) is 11.8 Å². The fourth-order valence-electron chi connectivity index (χ4n) is 2.35. The molecule has 0 N–H and O–H groups in total. The molecule has 0 unspecified atom stereocenters. The summed E-state index contributed by atoms with van der Waals surface area (Å²) in [6, 6.07) is 6.96. The lowest BCUT2D eigenvalue weighted by Crippen LogP contribution is -2.34. The minimum Gasteiger partial charge on any atom is -0.462 e. The number of unbranched alkanes of at least 4 members (excludes halogenated alkanes) is 2. The van der Waals surface area contributed by atoms with Gasteiger partial charge in [-0.05, 0) is 30.9 Å². The van der Waals surface area contributed by atoms with Gasteiger partial charge in [0.15, 0.2) is 0 Å². The average Bonchev–Trinajstić information content (AvgIpc) is 2.59. The average molecular weight is 333 g/mol. The predicted octanol–water partition coefficient (Wildman–Crippen LogP) is 4.54. The molecule has 0 heterocycles. The fraction of sp³-hybridized carbons (Fsp3) is 0.600. The quantitative estimate of drug-likeness (QED) is 0.590. The number of ether oxygens (including phenoxy) is 1. The molecule has 0 aliphatic heterocycles. The highest BCUT2D eigenvalue weighted by atomic mass is 16.5. The Hall–Kier alpha value is -1.84. The fourth-order valence-corrected chi connectivity index (χ4v) is 2.35. The summed E-state index contributed by atoms with van der Waals surface area (Å²) in [5, 5.41) is 0. The number of benzene rings is 1. The van der Waals surface area contributed by atoms with Crippen LogP contribution in [-0.2, 0) is 4.74 Å². The molecular formula is C20H31NO3. The first-order chi connectivity index (χ1) is 11.5. The molecule has 0 spiro atoms. The molecule has 0 aromatic heterocycles. The van der Waals surface area contributed by atoms with Gasteiger partial charge in [-0.1, -0.05) is 52.7 Å². The second-order valence-corrected chi connectivity index (χ2v) is 6.54. The Morgan fingerprint density at radius 1 is 1.00 bits per heavy atom. The number of esters is 1. The molecule has 0 radical (unpaired) electrons. The number of rotatable bonds is 10. The molecule has 0 saturated carbocycles. The first kappa shape index (κ1) is 20.2. The van der Waals surface area contributed by atoms with Crippen LogP contribution in [0.15, 0.2) is 24.3 Å². The molecule has 0 aliphatic carbocycles. The summed E-state index contributed by atoms with van der Waals surface area (Å²) in [5.74, 6) is -0.227. The van der Waals surface area contributed by atoms with Crippen LogP contribution in [-0.4, -0.2) is 36.5 Å². The normalized spacial score (nSPS) is 10.7. The summed E-state index contributed by atoms with van der Waals surface area (Å²) in [6.45, 7) is 10.0. The van der Waals surface area contributed by atoms with Crippen molar-refractivity contribution in [3.63, 3.8) is 0 Å². The van der Waals surface area contributed by atoms with Crippen LogP contribution >= 0.6 is 0 Å². The summed E-state index contributed by atoms with van der Waals surface area (Å²) in [7, 11) is 0. The van der Waals surface area contributed by atoms with Gasteiger partial charge in [0, 0.05) is 13.1 Å².